The van der Waals surface area contributed by atoms with Crippen LogP contribution >= 0.6 is 0 Å². The number of carbonyl (C=O) groups excluding carboxylic acids is 1. The largest absolute Gasteiger partial charge is 0.379 e. The highest BCUT2D eigenvalue weighted by Gasteiger charge is 2.40. The number of ether oxygens (including phenoxy) is 1. The van der Waals surface area contributed by atoms with Crippen LogP contribution in [-0.2, 0) is 22.5 Å². The summed E-state index contributed by atoms with van der Waals surface area (Å²) in [6, 6.07) is 5.86. The number of carbonyl (C=O) groups is 1. The molecule has 2 aromatic rings. The molecule has 2 aliphatic heterocycles. The van der Waals surface area contributed by atoms with Gasteiger partial charge in [0.15, 0.2) is 0 Å². The Hall–Kier alpha value is -2.25. The minimum atomic E-state index is 0.0133. The molecular formula is C20H27N5O2. The lowest BCUT2D eigenvalue weighted by Crippen LogP contribution is -2.52. The normalized spacial score (nSPS) is 24.1. The number of aromatic nitrogens is 3. The van der Waals surface area contributed by atoms with Gasteiger partial charge in [-0.05, 0) is 30.5 Å². The average Bonchev–Trinajstić information content (AvgIpc) is 3.12. The molecule has 1 spiro atoms. The molecule has 2 aliphatic rings. The van der Waals surface area contributed by atoms with E-state index in [1.54, 1.807) is 18.6 Å². The van der Waals surface area contributed by atoms with Crippen LogP contribution in [0.3, 0.4) is 0 Å². The lowest BCUT2D eigenvalue weighted by molar-refractivity contribution is -0.135. The van der Waals surface area contributed by atoms with E-state index in [0.29, 0.717) is 6.42 Å². The zero-order valence-corrected chi connectivity index (χ0v) is 15.6. The third-order valence-corrected chi connectivity index (χ3v) is 5.56. The smallest absolute Gasteiger partial charge is 0.227 e. The highest BCUT2D eigenvalue weighted by Crippen LogP contribution is 2.33. The number of hydrogen-bond donors (Lipinski definition) is 1. The van der Waals surface area contributed by atoms with Crippen LogP contribution in [0.25, 0.3) is 0 Å². The van der Waals surface area contributed by atoms with Crippen LogP contribution in [0.4, 0.5) is 0 Å². The fraction of sp³-hybridized carbons (Fsp3) is 0.550. The minimum Gasteiger partial charge on any atom is -0.379 e. The first kappa shape index (κ1) is 18.1. The summed E-state index contributed by atoms with van der Waals surface area (Å²) in [5.74, 6) is 0.187. The van der Waals surface area contributed by atoms with E-state index in [0.717, 1.165) is 70.0 Å². The van der Waals surface area contributed by atoms with Crippen molar-refractivity contribution in [3.8, 4) is 0 Å². The van der Waals surface area contributed by atoms with Crippen LogP contribution in [0, 0.1) is 5.41 Å². The van der Waals surface area contributed by atoms with Crippen molar-refractivity contribution >= 4 is 5.91 Å². The molecule has 2 fully saturated rings. The molecule has 27 heavy (non-hydrogen) atoms. The highest BCUT2D eigenvalue weighted by molar-refractivity contribution is 5.78. The molecule has 0 aromatic carbocycles. The van der Waals surface area contributed by atoms with E-state index in [-0.39, 0.29) is 11.3 Å². The van der Waals surface area contributed by atoms with E-state index in [4.69, 9.17) is 4.74 Å². The van der Waals surface area contributed by atoms with Gasteiger partial charge in [-0.1, -0.05) is 6.07 Å². The van der Waals surface area contributed by atoms with Crippen molar-refractivity contribution in [2.75, 3.05) is 39.4 Å². The van der Waals surface area contributed by atoms with Crippen molar-refractivity contribution in [1.82, 2.24) is 25.0 Å². The Morgan fingerprint density at radius 1 is 1.26 bits per heavy atom. The number of piperidine rings is 1. The summed E-state index contributed by atoms with van der Waals surface area (Å²) >= 11 is 0. The average molecular weight is 369 g/mol. The Bertz CT molecular complexity index is 736. The number of nitrogens with zero attached hydrogens (tertiary/aromatic N) is 4. The van der Waals surface area contributed by atoms with Crippen molar-refractivity contribution in [3.63, 3.8) is 0 Å². The maximum atomic E-state index is 12.8. The van der Waals surface area contributed by atoms with E-state index < -0.39 is 0 Å². The first-order valence-electron chi connectivity index (χ1n) is 9.68. The molecule has 1 amide bonds. The Morgan fingerprint density at radius 3 is 3.04 bits per heavy atom. The molecule has 4 heterocycles. The standard InChI is InChI=1S/C20H27N5O2/c26-19(11-17-3-1-6-21-12-17)25-8-2-5-20(15-25)14-24(9-10-27-16-20)13-18-4-7-22-23-18/h1,3-4,6-7,12H,2,5,8-11,13-16H2,(H,22,23)/t20-/m0/s1. The summed E-state index contributed by atoms with van der Waals surface area (Å²) < 4.78 is 5.97. The van der Waals surface area contributed by atoms with Crippen LogP contribution in [-0.4, -0.2) is 70.3 Å². The zero-order chi connectivity index (χ0) is 18.5. The number of H-pyrrole nitrogens is 1. The summed E-state index contributed by atoms with van der Waals surface area (Å²) in [6.07, 6.45) is 7.85. The quantitative estimate of drug-likeness (QED) is 0.884. The predicted molar refractivity (Wildman–Crippen MR) is 101 cm³/mol. The fourth-order valence-electron chi connectivity index (χ4n) is 4.29. The summed E-state index contributed by atoms with van der Waals surface area (Å²) in [5.41, 5.74) is 2.10. The fourth-order valence-corrected chi connectivity index (χ4v) is 4.29. The molecule has 144 valence electrons. The van der Waals surface area contributed by atoms with Crippen molar-refractivity contribution in [2.24, 2.45) is 5.41 Å². The first-order chi connectivity index (χ1) is 13.2. The van der Waals surface area contributed by atoms with Crippen LogP contribution in [0.1, 0.15) is 24.1 Å². The number of likely N-dealkylation sites (tertiary alicyclic amines) is 1. The number of aromatic amines is 1. The number of rotatable bonds is 4. The van der Waals surface area contributed by atoms with Gasteiger partial charge in [-0.3, -0.25) is 19.8 Å². The van der Waals surface area contributed by atoms with E-state index in [2.05, 4.69) is 20.1 Å². The molecular weight excluding hydrogens is 342 g/mol. The van der Waals surface area contributed by atoms with E-state index in [1.165, 1.54) is 0 Å². The topological polar surface area (TPSA) is 74.4 Å². The molecule has 7 heteroatoms. The van der Waals surface area contributed by atoms with Gasteiger partial charge in [-0.2, -0.15) is 5.10 Å². The van der Waals surface area contributed by atoms with Gasteiger partial charge in [0, 0.05) is 62.4 Å². The molecule has 0 saturated carbocycles. The Labute approximate surface area is 159 Å². The van der Waals surface area contributed by atoms with E-state index in [1.807, 2.05) is 23.1 Å². The second kappa shape index (κ2) is 8.19. The van der Waals surface area contributed by atoms with E-state index in [9.17, 15) is 4.79 Å². The molecule has 0 aliphatic carbocycles. The van der Waals surface area contributed by atoms with Gasteiger partial charge in [0.05, 0.1) is 19.6 Å². The monoisotopic (exact) mass is 369 g/mol. The number of amides is 1. The second-order valence-electron chi connectivity index (χ2n) is 7.80. The minimum absolute atomic E-state index is 0.0133. The SMILES string of the molecule is O=C(Cc1cccnc1)N1CCC[C@@]2(COCCN(Cc3ccn[nH]3)C2)C1. The summed E-state index contributed by atoms with van der Waals surface area (Å²) in [5, 5.41) is 7.10. The predicted octanol–water partition coefficient (Wildman–Crippen LogP) is 1.49. The molecule has 2 aromatic heterocycles. The molecule has 4 rings (SSSR count). The van der Waals surface area contributed by atoms with Gasteiger partial charge in [0.25, 0.3) is 0 Å². The van der Waals surface area contributed by atoms with Gasteiger partial charge in [0.1, 0.15) is 0 Å². The van der Waals surface area contributed by atoms with E-state index >= 15 is 0 Å². The molecule has 1 N–H and O–H groups in total. The summed E-state index contributed by atoms with van der Waals surface area (Å²) in [7, 11) is 0. The lowest BCUT2D eigenvalue weighted by Gasteiger charge is -2.43. The molecule has 7 nitrogen and oxygen atoms in total. The zero-order valence-electron chi connectivity index (χ0n) is 15.6. The van der Waals surface area contributed by atoms with Crippen LogP contribution in [0.15, 0.2) is 36.8 Å². The molecule has 0 unspecified atom stereocenters. The number of hydrogen-bond acceptors (Lipinski definition) is 5. The Morgan fingerprint density at radius 2 is 2.22 bits per heavy atom. The lowest BCUT2D eigenvalue weighted by atomic mass is 9.80. The number of nitrogens with one attached hydrogen (secondary N) is 1. The maximum absolute atomic E-state index is 12.8. The maximum Gasteiger partial charge on any atom is 0.227 e. The van der Waals surface area contributed by atoms with Crippen LogP contribution in [0.5, 0.6) is 0 Å². The molecule has 1 atom stereocenters. The summed E-state index contributed by atoms with van der Waals surface area (Å²) in [4.78, 5) is 21.4. The Balaban J connectivity index is 1.42. The molecule has 0 bridgehead atoms. The number of pyridine rings is 1. The first-order valence-corrected chi connectivity index (χ1v) is 9.68. The van der Waals surface area contributed by atoms with Crippen molar-refractivity contribution < 1.29 is 9.53 Å². The van der Waals surface area contributed by atoms with Gasteiger partial charge in [0.2, 0.25) is 5.91 Å². The van der Waals surface area contributed by atoms with Gasteiger partial charge in [-0.25, -0.2) is 0 Å². The third kappa shape index (κ3) is 4.54. The molecule has 0 radical (unpaired) electrons. The van der Waals surface area contributed by atoms with Crippen LogP contribution in [0.2, 0.25) is 0 Å². The highest BCUT2D eigenvalue weighted by atomic mass is 16.5. The van der Waals surface area contributed by atoms with Gasteiger partial charge < -0.3 is 9.64 Å². The Kier molecular flexibility index (Phi) is 5.50. The second-order valence-corrected chi connectivity index (χ2v) is 7.80. The van der Waals surface area contributed by atoms with Crippen molar-refractivity contribution in [1.29, 1.82) is 0 Å². The third-order valence-electron chi connectivity index (χ3n) is 5.56. The van der Waals surface area contributed by atoms with Crippen molar-refractivity contribution in [2.45, 2.75) is 25.8 Å². The van der Waals surface area contributed by atoms with Crippen molar-refractivity contribution in [3.05, 3.63) is 48.0 Å². The van der Waals surface area contributed by atoms with Gasteiger partial charge in [-0.15, -0.1) is 0 Å². The van der Waals surface area contributed by atoms with Crippen LogP contribution < -0.4 is 0 Å². The molecule has 2 saturated heterocycles. The summed E-state index contributed by atoms with van der Waals surface area (Å²) in [6.45, 7) is 5.76. The van der Waals surface area contributed by atoms with Gasteiger partial charge >= 0.3 is 0 Å².